The van der Waals surface area contributed by atoms with E-state index in [0.717, 1.165) is 36.8 Å². The Morgan fingerprint density at radius 2 is 1.93 bits per heavy atom. The number of ether oxygens (including phenoxy) is 2. The molecule has 0 aliphatic heterocycles. The van der Waals surface area contributed by atoms with Crippen molar-refractivity contribution in [3.63, 3.8) is 0 Å². The van der Waals surface area contributed by atoms with Gasteiger partial charge in [-0.3, -0.25) is 4.79 Å². The van der Waals surface area contributed by atoms with Crippen LogP contribution in [0.3, 0.4) is 0 Å². The predicted molar refractivity (Wildman–Crippen MR) is 103 cm³/mol. The fraction of sp³-hybridized carbons (Fsp3) is 0.550. The third-order valence-electron chi connectivity index (χ3n) is 4.95. The Labute approximate surface area is 200 Å². The first-order chi connectivity index (χ1) is 13.8. The largest absolute Gasteiger partial charge is 0.510 e. The summed E-state index contributed by atoms with van der Waals surface area (Å²) in [7, 11) is 1.63. The maximum Gasteiger partial charge on any atom is 0.510 e. The van der Waals surface area contributed by atoms with Gasteiger partial charge in [0.1, 0.15) is 6.10 Å². The van der Waals surface area contributed by atoms with Crippen molar-refractivity contribution < 1.29 is 51.8 Å². The molecule has 1 aromatic carbocycles. The summed E-state index contributed by atoms with van der Waals surface area (Å²) in [5, 5.41) is 7.86. The molecule has 3 rings (SSSR count). The molecule has 0 bridgehead atoms. The molecule has 9 nitrogen and oxygen atoms in total. The van der Waals surface area contributed by atoms with Crippen LogP contribution in [-0.2, 0) is 49.2 Å². The predicted octanol–water partition coefficient (Wildman–Crippen LogP) is 2.78. The Morgan fingerprint density at radius 3 is 2.60 bits per heavy atom. The van der Waals surface area contributed by atoms with E-state index in [9.17, 15) is 9.59 Å². The minimum absolute atomic E-state index is 0. The maximum atomic E-state index is 12.5. The monoisotopic (exact) mass is 489 g/mol. The summed E-state index contributed by atoms with van der Waals surface area (Å²) < 4.78 is 12.1. The Kier molecular flexibility index (Phi) is 8.91. The van der Waals surface area contributed by atoms with Crippen molar-refractivity contribution in [1.82, 2.24) is 19.8 Å². The van der Waals surface area contributed by atoms with E-state index in [1.165, 1.54) is 15.9 Å². The zero-order valence-electron chi connectivity index (χ0n) is 17.8. The summed E-state index contributed by atoms with van der Waals surface area (Å²) in [5.74, 6) is -0.438. The van der Waals surface area contributed by atoms with E-state index in [2.05, 4.69) is 21.4 Å². The van der Waals surface area contributed by atoms with E-state index < -0.39 is 18.3 Å². The number of amides is 1. The molecule has 0 saturated heterocycles. The van der Waals surface area contributed by atoms with Gasteiger partial charge < -0.3 is 9.47 Å². The molecule has 1 atom stereocenters. The topological polar surface area (TPSA) is 101 Å². The van der Waals surface area contributed by atoms with Crippen LogP contribution in [0.15, 0.2) is 17.1 Å². The third-order valence-corrected chi connectivity index (χ3v) is 4.95. The van der Waals surface area contributed by atoms with E-state index in [-0.39, 0.29) is 44.4 Å². The zero-order valence-corrected chi connectivity index (χ0v) is 20.6. The molecule has 30 heavy (non-hydrogen) atoms. The Morgan fingerprint density at radius 1 is 1.23 bits per heavy atom. The molecule has 1 saturated carbocycles. The average Bonchev–Trinajstić information content (AvgIpc) is 3.02. The molecular weight excluding hydrogens is 463 g/mol. The molecule has 1 amide bonds. The molecule has 1 aliphatic carbocycles. The number of tetrazole rings is 1. The second-order valence-electron chi connectivity index (χ2n) is 7.28. The Hall–Kier alpha value is -1.87. The van der Waals surface area contributed by atoms with E-state index >= 15 is 0 Å². The maximum absolute atomic E-state index is 12.5. The summed E-state index contributed by atoms with van der Waals surface area (Å²) in [4.78, 5) is 29.9. The number of nitrogens with zero attached hydrogens (tertiary/aromatic N) is 5. The van der Waals surface area contributed by atoms with Crippen molar-refractivity contribution in [2.75, 3.05) is 0 Å². The van der Waals surface area contributed by atoms with Gasteiger partial charge in [-0.15, -0.1) is 4.80 Å². The first kappa shape index (κ1) is 24.4. The first-order valence-corrected chi connectivity index (χ1v) is 9.79. The van der Waals surface area contributed by atoms with E-state index in [1.807, 2.05) is 6.92 Å². The molecule has 10 heteroatoms. The van der Waals surface area contributed by atoms with Gasteiger partial charge in [0.25, 0.3) is 5.62 Å². The van der Waals surface area contributed by atoms with Gasteiger partial charge >= 0.3 is 6.16 Å². The quantitative estimate of drug-likeness (QED) is 0.484. The van der Waals surface area contributed by atoms with Crippen molar-refractivity contribution in [1.29, 1.82) is 0 Å². The number of benzene rings is 1. The van der Waals surface area contributed by atoms with Gasteiger partial charge in [-0.1, -0.05) is 30.9 Å². The van der Waals surface area contributed by atoms with Crippen LogP contribution in [0.4, 0.5) is 4.79 Å². The number of aromatic nitrogens is 4. The van der Waals surface area contributed by atoms with Crippen LogP contribution in [0.1, 0.15) is 66.7 Å². The second-order valence-corrected chi connectivity index (χ2v) is 7.28. The van der Waals surface area contributed by atoms with Crippen molar-refractivity contribution >= 4 is 12.1 Å². The van der Waals surface area contributed by atoms with Crippen LogP contribution < -0.4 is 5.62 Å². The van der Waals surface area contributed by atoms with Crippen LogP contribution in [0.2, 0.25) is 0 Å². The number of carbonyl (C=O) groups excluding carboxylic acids is 2. The summed E-state index contributed by atoms with van der Waals surface area (Å²) >= 11 is 0. The van der Waals surface area contributed by atoms with E-state index in [0.29, 0.717) is 5.56 Å². The smallest absolute Gasteiger partial charge is 0.431 e. The fourth-order valence-corrected chi connectivity index (χ4v) is 3.37. The summed E-state index contributed by atoms with van der Waals surface area (Å²) in [5.41, 5.74) is 2.22. The van der Waals surface area contributed by atoms with Gasteiger partial charge in [-0.2, -0.15) is 34.3 Å². The second kappa shape index (κ2) is 11.0. The molecule has 1 fully saturated rings. The zero-order chi connectivity index (χ0) is 21.0. The van der Waals surface area contributed by atoms with Crippen LogP contribution in [0.5, 0.6) is 0 Å². The van der Waals surface area contributed by atoms with E-state index in [1.54, 1.807) is 33.0 Å². The normalized spacial score (nSPS) is 15.9. The molecule has 1 aliphatic rings. The molecule has 1 aromatic heterocycles. The molecule has 2 aromatic rings. The molecule has 1 heterocycles. The Bertz CT molecular complexity index is 962. The van der Waals surface area contributed by atoms with Crippen LogP contribution in [0, 0.1) is 19.9 Å². The van der Waals surface area contributed by atoms with Gasteiger partial charge in [-0.05, 0) is 37.8 Å². The van der Waals surface area contributed by atoms with Crippen LogP contribution in [0.25, 0.3) is 0 Å². The molecule has 1 unspecified atom stereocenters. The standard InChI is InChI=1S/C20H26N5O4.Y/c1-13-10-11-17(14(2)12-13)18(26)21-19-22-23-25(24(19)4)15(3)28-20(27)29-16-8-6-5-7-9-16;/h10-11,15-16H,5-9H2,1-4H3;/q-1;. The number of rotatable bonds is 4. The molecule has 0 N–H and O–H groups in total. The van der Waals surface area contributed by atoms with Gasteiger partial charge in [-0.25, -0.2) is 9.48 Å². The van der Waals surface area contributed by atoms with Gasteiger partial charge in [0, 0.05) is 39.8 Å². The van der Waals surface area contributed by atoms with E-state index in [4.69, 9.17) is 9.47 Å². The molecule has 0 spiro atoms. The number of aryl methyl sites for hydroxylation is 2. The van der Waals surface area contributed by atoms with Crippen molar-refractivity contribution in [3.05, 3.63) is 40.5 Å². The summed E-state index contributed by atoms with van der Waals surface area (Å²) in [6.07, 6.45) is 3.42. The van der Waals surface area contributed by atoms with Crippen molar-refractivity contribution in [2.24, 2.45) is 12.0 Å². The number of hydrogen-bond donors (Lipinski definition) is 0. The number of hydrogen-bond acceptors (Lipinski definition) is 6. The molecular formula is C20H26N5O4Y-. The van der Waals surface area contributed by atoms with Gasteiger partial charge in [0.2, 0.25) is 12.1 Å². The fourth-order valence-electron chi connectivity index (χ4n) is 3.37. The van der Waals surface area contributed by atoms with Gasteiger partial charge in [0.15, 0.2) is 0 Å². The summed E-state index contributed by atoms with van der Waals surface area (Å²) in [6.45, 7) is 5.35. The van der Waals surface area contributed by atoms with Crippen LogP contribution >= 0.6 is 0 Å². The molecule has 1 radical (unpaired) electrons. The minimum Gasteiger partial charge on any atom is -0.431 e. The summed E-state index contributed by atoms with van der Waals surface area (Å²) in [6, 6.07) is 6.62. The first-order valence-electron chi connectivity index (χ1n) is 9.79. The van der Waals surface area contributed by atoms with Crippen LogP contribution in [-0.4, -0.2) is 38.0 Å². The van der Waals surface area contributed by atoms with Crippen molar-refractivity contribution in [3.8, 4) is 0 Å². The molecule has 159 valence electrons. The third kappa shape index (κ3) is 6.07. The van der Waals surface area contributed by atoms with Crippen molar-refractivity contribution in [2.45, 2.75) is 65.2 Å². The Balaban J connectivity index is 0.00000320. The SMILES string of the molecule is Cc1[c-]c(C)c(C(=O)N=c2nnn(C(C)OC(=O)OC3CCCCC3)n2C)cc1.[Y]. The van der Waals surface area contributed by atoms with Gasteiger partial charge in [0.05, 0.1) is 0 Å². The minimum atomic E-state index is -0.767. The number of carbonyl (C=O) groups is 2. The average molecular weight is 489 g/mol.